The van der Waals surface area contributed by atoms with E-state index in [0.29, 0.717) is 11.2 Å². The monoisotopic (exact) mass is 443 g/mol. The summed E-state index contributed by atoms with van der Waals surface area (Å²) in [5.74, 6) is -1.25. The Hall–Kier alpha value is -1.81. The predicted molar refractivity (Wildman–Crippen MR) is 95.9 cm³/mol. The standard InChI is InChI=1S/C15H11FIN3O2S/c1-7-5-8(17)3-4-10(7)18-13-9(15(21)22-2)6-11-14(12(13)16)20-23-19-11/h3-6,18H,1-2H3. The number of carbonyl (C=O) groups excluding carboxylic acids is 1. The Bertz CT molecular complexity index is 913. The number of carbonyl (C=O) groups is 1. The molecule has 2 aromatic carbocycles. The van der Waals surface area contributed by atoms with E-state index in [-0.39, 0.29) is 16.8 Å². The molecule has 1 heterocycles. The summed E-state index contributed by atoms with van der Waals surface area (Å²) in [7, 11) is 1.25. The molecule has 1 N–H and O–H groups in total. The van der Waals surface area contributed by atoms with E-state index in [4.69, 9.17) is 4.74 Å². The molecule has 1 aromatic heterocycles. The summed E-state index contributed by atoms with van der Waals surface area (Å²) in [5.41, 5.74) is 2.23. The van der Waals surface area contributed by atoms with Crippen LogP contribution < -0.4 is 5.32 Å². The first-order valence-electron chi connectivity index (χ1n) is 6.57. The molecule has 3 aromatic rings. The Balaban J connectivity index is 2.17. The SMILES string of the molecule is COC(=O)c1cc2nsnc2c(F)c1Nc1ccc(I)cc1C. The van der Waals surface area contributed by atoms with Crippen molar-refractivity contribution in [2.75, 3.05) is 12.4 Å². The topological polar surface area (TPSA) is 64.1 Å². The minimum absolute atomic E-state index is 0.0429. The van der Waals surface area contributed by atoms with Crippen molar-refractivity contribution in [3.63, 3.8) is 0 Å². The molecule has 0 amide bonds. The third-order valence-electron chi connectivity index (χ3n) is 3.35. The average molecular weight is 443 g/mol. The lowest BCUT2D eigenvalue weighted by atomic mass is 10.1. The fourth-order valence-corrected chi connectivity index (χ4v) is 3.35. The first-order chi connectivity index (χ1) is 11.0. The number of hydrogen-bond donors (Lipinski definition) is 1. The molecular weight excluding hydrogens is 432 g/mol. The molecule has 3 rings (SSSR count). The summed E-state index contributed by atoms with van der Waals surface area (Å²) in [5, 5.41) is 2.99. The van der Waals surface area contributed by atoms with Crippen LogP contribution in [0.2, 0.25) is 0 Å². The normalized spacial score (nSPS) is 10.8. The van der Waals surface area contributed by atoms with Crippen molar-refractivity contribution in [3.8, 4) is 0 Å². The highest BCUT2D eigenvalue weighted by molar-refractivity contribution is 14.1. The zero-order valence-corrected chi connectivity index (χ0v) is 15.2. The predicted octanol–water partition coefficient (Wildman–Crippen LogP) is 4.27. The van der Waals surface area contributed by atoms with Crippen molar-refractivity contribution in [2.45, 2.75) is 6.92 Å². The molecule has 5 nitrogen and oxygen atoms in total. The van der Waals surface area contributed by atoms with Crippen LogP contribution in [0.3, 0.4) is 0 Å². The van der Waals surface area contributed by atoms with E-state index in [1.807, 2.05) is 25.1 Å². The van der Waals surface area contributed by atoms with Crippen molar-refractivity contribution in [1.29, 1.82) is 0 Å². The smallest absolute Gasteiger partial charge is 0.340 e. The zero-order chi connectivity index (χ0) is 16.6. The summed E-state index contributed by atoms with van der Waals surface area (Å²) < 4.78 is 28.5. The Morgan fingerprint density at radius 1 is 1.35 bits per heavy atom. The molecule has 0 spiro atoms. The van der Waals surface area contributed by atoms with Crippen LogP contribution in [0, 0.1) is 16.3 Å². The van der Waals surface area contributed by atoms with Gasteiger partial charge in [0.25, 0.3) is 0 Å². The van der Waals surface area contributed by atoms with Crippen LogP contribution in [0.1, 0.15) is 15.9 Å². The Morgan fingerprint density at radius 2 is 2.13 bits per heavy atom. The molecule has 23 heavy (non-hydrogen) atoms. The Kier molecular flexibility index (Phi) is 4.44. The van der Waals surface area contributed by atoms with Crippen LogP contribution in [0.4, 0.5) is 15.8 Å². The highest BCUT2D eigenvalue weighted by Crippen LogP contribution is 2.32. The van der Waals surface area contributed by atoms with Gasteiger partial charge in [-0.15, -0.1) is 0 Å². The first-order valence-corrected chi connectivity index (χ1v) is 8.38. The number of methoxy groups -OCH3 is 1. The molecule has 0 aliphatic heterocycles. The molecule has 0 fully saturated rings. The van der Waals surface area contributed by atoms with Gasteiger partial charge in [-0.25, -0.2) is 9.18 Å². The molecule has 8 heteroatoms. The van der Waals surface area contributed by atoms with Gasteiger partial charge in [-0.2, -0.15) is 8.75 Å². The van der Waals surface area contributed by atoms with Crippen molar-refractivity contribution in [2.24, 2.45) is 0 Å². The van der Waals surface area contributed by atoms with E-state index in [1.54, 1.807) is 0 Å². The highest BCUT2D eigenvalue weighted by Gasteiger charge is 2.22. The molecule has 0 aliphatic carbocycles. The minimum Gasteiger partial charge on any atom is -0.465 e. The Labute approximate surface area is 149 Å². The zero-order valence-electron chi connectivity index (χ0n) is 12.2. The number of nitrogens with zero attached hydrogens (tertiary/aromatic N) is 2. The summed E-state index contributed by atoms with van der Waals surface area (Å²) >= 11 is 3.10. The van der Waals surface area contributed by atoms with Gasteiger partial charge in [0.15, 0.2) is 5.82 Å². The number of anilines is 2. The van der Waals surface area contributed by atoms with Crippen molar-refractivity contribution in [1.82, 2.24) is 8.75 Å². The van der Waals surface area contributed by atoms with Gasteiger partial charge in [-0.3, -0.25) is 0 Å². The van der Waals surface area contributed by atoms with Crippen molar-refractivity contribution < 1.29 is 13.9 Å². The summed E-state index contributed by atoms with van der Waals surface area (Å²) in [4.78, 5) is 12.0. The summed E-state index contributed by atoms with van der Waals surface area (Å²) in [6.45, 7) is 1.91. The van der Waals surface area contributed by atoms with Gasteiger partial charge in [-0.1, -0.05) is 0 Å². The largest absolute Gasteiger partial charge is 0.465 e. The first kappa shape index (κ1) is 16.1. The maximum Gasteiger partial charge on any atom is 0.340 e. The molecule has 0 bridgehead atoms. The second kappa shape index (κ2) is 6.36. The number of aryl methyl sites for hydroxylation is 1. The molecular formula is C15H11FIN3O2S. The number of esters is 1. The second-order valence-corrected chi connectivity index (χ2v) is 6.59. The molecule has 0 unspecified atom stereocenters. The Morgan fingerprint density at radius 3 is 2.83 bits per heavy atom. The molecule has 0 radical (unpaired) electrons. The number of hydrogen-bond acceptors (Lipinski definition) is 6. The van der Waals surface area contributed by atoms with E-state index in [9.17, 15) is 9.18 Å². The van der Waals surface area contributed by atoms with Crippen LogP contribution in [-0.2, 0) is 4.74 Å². The van der Waals surface area contributed by atoms with Gasteiger partial charge in [0.2, 0.25) is 0 Å². The van der Waals surface area contributed by atoms with Crippen molar-refractivity contribution >= 4 is 62.7 Å². The van der Waals surface area contributed by atoms with E-state index in [2.05, 4.69) is 36.7 Å². The van der Waals surface area contributed by atoms with E-state index >= 15 is 0 Å². The molecule has 118 valence electrons. The maximum atomic E-state index is 14.8. The fraction of sp³-hybridized carbons (Fsp3) is 0.133. The lowest BCUT2D eigenvalue weighted by molar-refractivity contribution is 0.0601. The number of fused-ring (bicyclic) bond motifs is 1. The summed E-state index contributed by atoms with van der Waals surface area (Å²) in [6, 6.07) is 7.18. The number of rotatable bonds is 3. The van der Waals surface area contributed by atoms with Gasteiger partial charge < -0.3 is 10.1 Å². The van der Waals surface area contributed by atoms with Crippen LogP contribution in [0.25, 0.3) is 11.0 Å². The van der Waals surface area contributed by atoms with Crippen molar-refractivity contribution in [3.05, 3.63) is 44.8 Å². The van der Waals surface area contributed by atoms with Gasteiger partial charge >= 0.3 is 5.97 Å². The number of aromatic nitrogens is 2. The third kappa shape index (κ3) is 3.00. The molecule has 0 saturated carbocycles. The van der Waals surface area contributed by atoms with Gasteiger partial charge in [0, 0.05) is 9.26 Å². The van der Waals surface area contributed by atoms with Crippen LogP contribution in [-0.4, -0.2) is 21.8 Å². The molecule has 0 atom stereocenters. The van der Waals surface area contributed by atoms with Gasteiger partial charge in [-0.05, 0) is 59.3 Å². The molecule has 0 saturated heterocycles. The third-order valence-corrected chi connectivity index (χ3v) is 4.56. The van der Waals surface area contributed by atoms with Crippen LogP contribution in [0.5, 0.6) is 0 Å². The van der Waals surface area contributed by atoms with Crippen LogP contribution in [0.15, 0.2) is 24.3 Å². The van der Waals surface area contributed by atoms with E-state index < -0.39 is 11.8 Å². The maximum absolute atomic E-state index is 14.8. The highest BCUT2D eigenvalue weighted by atomic mass is 127. The lowest BCUT2D eigenvalue weighted by Gasteiger charge is -2.14. The fourth-order valence-electron chi connectivity index (χ4n) is 2.18. The number of benzene rings is 2. The van der Waals surface area contributed by atoms with E-state index in [1.165, 1.54) is 13.2 Å². The van der Waals surface area contributed by atoms with Gasteiger partial charge in [0.1, 0.15) is 11.0 Å². The minimum atomic E-state index is -0.635. The van der Waals surface area contributed by atoms with Crippen LogP contribution >= 0.6 is 34.3 Å². The number of ether oxygens (including phenoxy) is 1. The summed E-state index contributed by atoms with van der Waals surface area (Å²) in [6.07, 6.45) is 0. The average Bonchev–Trinajstić information content (AvgIpc) is 3.00. The lowest BCUT2D eigenvalue weighted by Crippen LogP contribution is -2.08. The number of nitrogens with one attached hydrogen (secondary N) is 1. The van der Waals surface area contributed by atoms with E-state index in [0.717, 1.165) is 20.9 Å². The van der Waals surface area contributed by atoms with Gasteiger partial charge in [0.05, 0.1) is 30.1 Å². The quantitative estimate of drug-likeness (QED) is 0.484. The second-order valence-electron chi connectivity index (χ2n) is 4.82. The molecule has 0 aliphatic rings. The number of halogens is 2.